The van der Waals surface area contributed by atoms with Crippen LogP contribution in [-0.4, -0.2) is 23.8 Å². The van der Waals surface area contributed by atoms with Gasteiger partial charge in [-0.2, -0.15) is 0 Å². The van der Waals surface area contributed by atoms with E-state index in [4.69, 9.17) is 0 Å². The molecule has 2 aliphatic rings. The maximum atomic E-state index is 12.9. The van der Waals surface area contributed by atoms with Gasteiger partial charge in [0, 0.05) is 16.6 Å². The third-order valence-electron chi connectivity index (χ3n) is 4.28. The zero-order valence-corrected chi connectivity index (χ0v) is 14.0. The summed E-state index contributed by atoms with van der Waals surface area (Å²) in [4.78, 5) is 38.0. The number of carbonyl (C=O) groups excluding carboxylic acids is 3. The second-order valence-corrected chi connectivity index (χ2v) is 7.02. The van der Waals surface area contributed by atoms with Crippen molar-refractivity contribution in [3.05, 3.63) is 28.2 Å². The number of anilines is 1. The van der Waals surface area contributed by atoms with E-state index in [9.17, 15) is 14.4 Å². The van der Waals surface area contributed by atoms with Crippen LogP contribution < -0.4 is 10.2 Å². The van der Waals surface area contributed by atoms with Gasteiger partial charge in [-0.15, -0.1) is 0 Å². The molecule has 0 radical (unpaired) electrons. The summed E-state index contributed by atoms with van der Waals surface area (Å²) in [6.45, 7) is 4.00. The number of carbonyl (C=O) groups is 3. The Morgan fingerprint density at radius 2 is 2.00 bits per heavy atom. The minimum absolute atomic E-state index is 0.0578. The van der Waals surface area contributed by atoms with Crippen molar-refractivity contribution in [1.29, 1.82) is 0 Å². The number of fused-ring (bicyclic) bond motifs is 1. The van der Waals surface area contributed by atoms with Crippen LogP contribution in [0.3, 0.4) is 0 Å². The molecule has 1 fully saturated rings. The van der Waals surface area contributed by atoms with Crippen LogP contribution in [0.4, 0.5) is 5.69 Å². The number of nitrogens with zero attached hydrogens (tertiary/aromatic N) is 1. The number of piperidine rings is 1. The highest BCUT2D eigenvalue weighted by molar-refractivity contribution is 9.10. The number of hydrogen-bond acceptors (Lipinski definition) is 3. The second kappa shape index (κ2) is 5.50. The van der Waals surface area contributed by atoms with Crippen molar-refractivity contribution >= 4 is 39.3 Å². The Balaban J connectivity index is 2.04. The summed E-state index contributed by atoms with van der Waals surface area (Å²) in [5.74, 6) is -0.832. The van der Waals surface area contributed by atoms with E-state index in [0.29, 0.717) is 6.42 Å². The molecule has 3 amide bonds. The molecule has 6 heteroatoms. The van der Waals surface area contributed by atoms with Crippen molar-refractivity contribution in [3.8, 4) is 0 Å². The van der Waals surface area contributed by atoms with Gasteiger partial charge in [-0.1, -0.05) is 29.8 Å². The summed E-state index contributed by atoms with van der Waals surface area (Å²) in [6, 6.07) is 5.08. The first-order valence-corrected chi connectivity index (χ1v) is 8.15. The van der Waals surface area contributed by atoms with Crippen LogP contribution in [0, 0.1) is 5.92 Å². The monoisotopic (exact) mass is 364 g/mol. The van der Waals surface area contributed by atoms with Crippen LogP contribution in [0.5, 0.6) is 0 Å². The lowest BCUT2D eigenvalue weighted by atomic mass is 9.90. The van der Waals surface area contributed by atoms with Gasteiger partial charge in [0.1, 0.15) is 6.04 Å². The van der Waals surface area contributed by atoms with Gasteiger partial charge < -0.3 is 0 Å². The summed E-state index contributed by atoms with van der Waals surface area (Å²) in [6.07, 6.45) is 0.634. The standard InChI is InChI=1S/C16H17BrN2O3/c1-8(2)14-10-7-9(17)3-4-11(10)19(16(14)22)12-5-6-13(20)18-15(12)21/h3-4,7-8,12,14H,5-6H2,1-2H3,(H,18,20,21). The van der Waals surface area contributed by atoms with E-state index in [2.05, 4.69) is 21.2 Å². The summed E-state index contributed by atoms with van der Waals surface area (Å²) in [5.41, 5.74) is 1.72. The smallest absolute Gasteiger partial charge is 0.249 e. The molecule has 22 heavy (non-hydrogen) atoms. The van der Waals surface area contributed by atoms with Crippen molar-refractivity contribution in [2.75, 3.05) is 4.90 Å². The normalized spacial score (nSPS) is 24.7. The highest BCUT2D eigenvalue weighted by Gasteiger charge is 2.45. The molecule has 0 aromatic heterocycles. The maximum Gasteiger partial charge on any atom is 0.249 e. The van der Waals surface area contributed by atoms with Gasteiger partial charge >= 0.3 is 0 Å². The van der Waals surface area contributed by atoms with Crippen molar-refractivity contribution < 1.29 is 14.4 Å². The molecule has 116 valence electrons. The van der Waals surface area contributed by atoms with Crippen molar-refractivity contribution in [1.82, 2.24) is 5.32 Å². The van der Waals surface area contributed by atoms with Crippen LogP contribution in [0.25, 0.3) is 0 Å². The van der Waals surface area contributed by atoms with Crippen LogP contribution >= 0.6 is 15.9 Å². The number of halogens is 1. The Kier molecular flexibility index (Phi) is 3.80. The molecule has 1 N–H and O–H groups in total. The molecule has 2 heterocycles. The Labute approximate surface area is 137 Å². The predicted molar refractivity (Wildman–Crippen MR) is 85.4 cm³/mol. The maximum absolute atomic E-state index is 12.9. The lowest BCUT2D eigenvalue weighted by Crippen LogP contribution is -2.54. The predicted octanol–water partition coefficient (Wildman–Crippen LogP) is 2.34. The molecule has 0 bridgehead atoms. The number of imide groups is 1. The molecule has 3 rings (SSSR count). The van der Waals surface area contributed by atoms with E-state index in [1.807, 2.05) is 32.0 Å². The van der Waals surface area contributed by atoms with Crippen LogP contribution in [0.2, 0.25) is 0 Å². The second-order valence-electron chi connectivity index (χ2n) is 6.10. The fourth-order valence-corrected chi connectivity index (χ4v) is 3.67. The van der Waals surface area contributed by atoms with E-state index in [-0.39, 0.29) is 36.0 Å². The molecule has 1 aromatic rings. The minimum Gasteiger partial charge on any atom is -0.299 e. The molecule has 0 aliphatic carbocycles. The highest BCUT2D eigenvalue weighted by atomic mass is 79.9. The molecule has 2 unspecified atom stereocenters. The summed E-state index contributed by atoms with van der Waals surface area (Å²) in [7, 11) is 0. The van der Waals surface area contributed by atoms with Crippen molar-refractivity contribution in [3.63, 3.8) is 0 Å². The number of nitrogens with one attached hydrogen (secondary N) is 1. The van der Waals surface area contributed by atoms with Crippen molar-refractivity contribution in [2.45, 2.75) is 38.6 Å². The lowest BCUT2D eigenvalue weighted by molar-refractivity contribution is -0.135. The van der Waals surface area contributed by atoms with Crippen LogP contribution in [0.1, 0.15) is 38.2 Å². The molecule has 0 saturated carbocycles. The van der Waals surface area contributed by atoms with E-state index >= 15 is 0 Å². The van der Waals surface area contributed by atoms with Crippen molar-refractivity contribution in [2.24, 2.45) is 5.92 Å². The Hall–Kier alpha value is -1.69. The van der Waals surface area contributed by atoms with E-state index < -0.39 is 6.04 Å². The topological polar surface area (TPSA) is 66.5 Å². The minimum atomic E-state index is -0.603. The average molecular weight is 365 g/mol. The summed E-state index contributed by atoms with van der Waals surface area (Å²) < 4.78 is 0.912. The summed E-state index contributed by atoms with van der Waals surface area (Å²) in [5, 5.41) is 2.33. The number of rotatable bonds is 2. The first kappa shape index (κ1) is 15.2. The molecule has 5 nitrogen and oxygen atoms in total. The van der Waals surface area contributed by atoms with Gasteiger partial charge in [-0.25, -0.2) is 0 Å². The third kappa shape index (κ3) is 2.35. The molecule has 2 aliphatic heterocycles. The Bertz CT molecular complexity index is 671. The Morgan fingerprint density at radius 3 is 2.64 bits per heavy atom. The SMILES string of the molecule is CC(C)C1C(=O)N(C2CCC(=O)NC2=O)c2ccc(Br)cc21. The lowest BCUT2D eigenvalue weighted by Gasteiger charge is -2.30. The third-order valence-corrected chi connectivity index (χ3v) is 4.77. The summed E-state index contributed by atoms with van der Waals surface area (Å²) >= 11 is 3.44. The number of amides is 3. The fourth-order valence-electron chi connectivity index (χ4n) is 3.29. The largest absolute Gasteiger partial charge is 0.299 e. The van der Waals surface area contributed by atoms with E-state index in [1.54, 1.807) is 4.90 Å². The zero-order chi connectivity index (χ0) is 16.0. The zero-order valence-electron chi connectivity index (χ0n) is 12.4. The van der Waals surface area contributed by atoms with Gasteiger partial charge in [0.15, 0.2) is 0 Å². The number of hydrogen-bond donors (Lipinski definition) is 1. The fraction of sp³-hybridized carbons (Fsp3) is 0.438. The highest BCUT2D eigenvalue weighted by Crippen LogP contribution is 2.44. The molecular weight excluding hydrogens is 348 g/mol. The van der Waals surface area contributed by atoms with Gasteiger partial charge in [0.05, 0.1) is 5.92 Å². The van der Waals surface area contributed by atoms with E-state index in [1.165, 1.54) is 0 Å². The Morgan fingerprint density at radius 1 is 1.27 bits per heavy atom. The van der Waals surface area contributed by atoms with Gasteiger partial charge in [-0.05, 0) is 36.1 Å². The van der Waals surface area contributed by atoms with Gasteiger partial charge in [-0.3, -0.25) is 24.6 Å². The first-order chi connectivity index (χ1) is 10.4. The van der Waals surface area contributed by atoms with Gasteiger partial charge in [0.25, 0.3) is 0 Å². The van der Waals surface area contributed by atoms with Crippen LogP contribution in [-0.2, 0) is 14.4 Å². The molecule has 2 atom stereocenters. The molecule has 0 spiro atoms. The molecular formula is C16H17BrN2O3. The molecule has 1 aromatic carbocycles. The quantitative estimate of drug-likeness (QED) is 0.819. The average Bonchev–Trinajstić information content (AvgIpc) is 2.70. The van der Waals surface area contributed by atoms with E-state index in [0.717, 1.165) is 15.7 Å². The molecule has 1 saturated heterocycles. The van der Waals surface area contributed by atoms with Gasteiger partial charge in [0.2, 0.25) is 17.7 Å². The first-order valence-electron chi connectivity index (χ1n) is 7.36. The number of benzene rings is 1. The van der Waals surface area contributed by atoms with Crippen LogP contribution in [0.15, 0.2) is 22.7 Å².